The molecule has 10 nitrogen and oxygen atoms in total. The van der Waals surface area contributed by atoms with Crippen LogP contribution in [0.1, 0.15) is 42.9 Å². The van der Waals surface area contributed by atoms with Gasteiger partial charge in [0.1, 0.15) is 23.7 Å². The Bertz CT molecular complexity index is 1600. The third-order valence-electron chi connectivity index (χ3n) is 8.60. The molecule has 1 aromatic heterocycles. The highest BCUT2D eigenvalue weighted by Crippen LogP contribution is 2.43. The highest BCUT2D eigenvalue weighted by molar-refractivity contribution is 6.02. The highest BCUT2D eigenvalue weighted by atomic mass is 19.4. The minimum atomic E-state index is -4.83. The van der Waals surface area contributed by atoms with Crippen molar-refractivity contribution < 1.29 is 31.9 Å². The number of carbonyl (C=O) groups excluding carboxylic acids is 1. The molecule has 2 aromatic carbocycles. The average Bonchev–Trinajstić information content (AvgIpc) is 3.69. The number of nitrogens with zero attached hydrogens (tertiary/aromatic N) is 5. The van der Waals surface area contributed by atoms with Gasteiger partial charge in [0, 0.05) is 43.2 Å². The summed E-state index contributed by atoms with van der Waals surface area (Å²) < 4.78 is 61.1. The van der Waals surface area contributed by atoms with Crippen molar-refractivity contribution in [1.29, 1.82) is 0 Å². The van der Waals surface area contributed by atoms with Crippen LogP contribution in [0, 0.1) is 5.82 Å². The van der Waals surface area contributed by atoms with Crippen molar-refractivity contribution in [2.45, 2.75) is 43.9 Å². The van der Waals surface area contributed by atoms with E-state index in [-0.39, 0.29) is 30.3 Å². The summed E-state index contributed by atoms with van der Waals surface area (Å²) in [6, 6.07) is 7.86. The molecule has 3 saturated heterocycles. The first-order valence-corrected chi connectivity index (χ1v) is 15.2. The van der Waals surface area contributed by atoms with Crippen LogP contribution in [0.25, 0.3) is 0 Å². The van der Waals surface area contributed by atoms with E-state index in [4.69, 9.17) is 9.57 Å². The normalized spacial score (nSPS) is 20.0. The van der Waals surface area contributed by atoms with E-state index in [1.165, 1.54) is 36.0 Å². The van der Waals surface area contributed by atoms with Crippen LogP contribution in [0.2, 0.25) is 0 Å². The van der Waals surface area contributed by atoms with Gasteiger partial charge in [-0.05, 0) is 50.6 Å². The van der Waals surface area contributed by atoms with Gasteiger partial charge in [-0.15, -0.1) is 0 Å². The number of benzene rings is 2. The van der Waals surface area contributed by atoms with Gasteiger partial charge in [-0.1, -0.05) is 18.7 Å². The summed E-state index contributed by atoms with van der Waals surface area (Å²) >= 11 is 0. The molecule has 14 heteroatoms. The summed E-state index contributed by atoms with van der Waals surface area (Å²) in [6.07, 6.45) is 1.18. The summed E-state index contributed by atoms with van der Waals surface area (Å²) in [5.41, 5.74) is 0.421. The predicted octanol–water partition coefficient (Wildman–Crippen LogP) is 6.07. The number of aromatic nitrogens is 2. The number of anilines is 5. The maximum absolute atomic E-state index is 15.1. The number of hydrogen-bond donors (Lipinski definition) is 2. The number of halogens is 4. The second-order valence-corrected chi connectivity index (χ2v) is 11.5. The SMILES string of the molecule is C=CC(=O)Nc1cc(Nc2cc(N3OCCC3c3cccc(C(F)(F)F)c3F)ncn2)c(OC)cc1N1CCCC1CN1CCC1. The van der Waals surface area contributed by atoms with E-state index in [0.717, 1.165) is 44.7 Å². The van der Waals surface area contributed by atoms with Gasteiger partial charge in [-0.2, -0.15) is 13.2 Å². The fourth-order valence-corrected chi connectivity index (χ4v) is 6.24. The van der Waals surface area contributed by atoms with Gasteiger partial charge in [-0.25, -0.2) is 19.4 Å². The molecule has 2 unspecified atom stereocenters. The number of ether oxygens (including phenoxy) is 1. The van der Waals surface area contributed by atoms with E-state index >= 15 is 4.39 Å². The number of nitrogens with one attached hydrogen (secondary N) is 2. The first kappa shape index (κ1) is 31.5. The lowest BCUT2D eigenvalue weighted by atomic mass is 10.0. The molecular formula is C32H35F4N7O3. The zero-order chi connectivity index (χ0) is 32.4. The van der Waals surface area contributed by atoms with Crippen molar-refractivity contribution in [3.05, 3.63) is 72.3 Å². The fraction of sp³-hybridized carbons (Fsp3) is 0.406. The van der Waals surface area contributed by atoms with Crippen LogP contribution in [0.15, 0.2) is 55.4 Å². The molecule has 3 aliphatic rings. The van der Waals surface area contributed by atoms with Crippen LogP contribution in [0.5, 0.6) is 5.75 Å². The van der Waals surface area contributed by atoms with Crippen molar-refractivity contribution in [3.8, 4) is 5.75 Å². The van der Waals surface area contributed by atoms with Gasteiger partial charge in [0.05, 0.1) is 42.4 Å². The van der Waals surface area contributed by atoms with Gasteiger partial charge < -0.3 is 25.2 Å². The molecule has 0 radical (unpaired) electrons. The Morgan fingerprint density at radius 1 is 1.13 bits per heavy atom. The van der Waals surface area contributed by atoms with Gasteiger partial charge in [0.25, 0.3) is 0 Å². The van der Waals surface area contributed by atoms with Crippen LogP contribution < -0.4 is 25.3 Å². The van der Waals surface area contributed by atoms with E-state index in [9.17, 15) is 18.0 Å². The molecule has 0 saturated carbocycles. The number of alkyl halides is 3. The molecule has 0 bridgehead atoms. The molecule has 4 heterocycles. The Morgan fingerprint density at radius 3 is 2.67 bits per heavy atom. The van der Waals surface area contributed by atoms with Gasteiger partial charge in [-0.3, -0.25) is 9.63 Å². The molecular weight excluding hydrogens is 606 g/mol. The maximum Gasteiger partial charge on any atom is 0.419 e. The summed E-state index contributed by atoms with van der Waals surface area (Å²) in [5.74, 6) is -0.667. The van der Waals surface area contributed by atoms with E-state index in [2.05, 4.69) is 37.0 Å². The van der Waals surface area contributed by atoms with Crippen molar-refractivity contribution in [1.82, 2.24) is 14.9 Å². The Balaban J connectivity index is 1.29. The molecule has 0 aliphatic carbocycles. The van der Waals surface area contributed by atoms with Crippen molar-refractivity contribution in [2.75, 3.05) is 60.5 Å². The number of hydroxylamine groups is 1. The Kier molecular flexibility index (Phi) is 9.00. The second-order valence-electron chi connectivity index (χ2n) is 11.5. The monoisotopic (exact) mass is 641 g/mol. The Hall–Kier alpha value is -4.43. The number of carbonyl (C=O) groups is 1. The first-order chi connectivity index (χ1) is 22.2. The molecule has 6 rings (SSSR count). The van der Waals surface area contributed by atoms with Gasteiger partial charge in [0.15, 0.2) is 5.82 Å². The predicted molar refractivity (Wildman–Crippen MR) is 166 cm³/mol. The largest absolute Gasteiger partial charge is 0.494 e. The minimum Gasteiger partial charge on any atom is -0.494 e. The van der Waals surface area contributed by atoms with Gasteiger partial charge >= 0.3 is 6.18 Å². The van der Waals surface area contributed by atoms with Crippen molar-refractivity contribution >= 4 is 34.6 Å². The molecule has 2 atom stereocenters. The lowest BCUT2D eigenvalue weighted by molar-refractivity contribution is -0.140. The third kappa shape index (κ3) is 6.44. The lowest BCUT2D eigenvalue weighted by Crippen LogP contribution is -2.46. The number of rotatable bonds is 10. The van der Waals surface area contributed by atoms with Crippen LogP contribution in [0.3, 0.4) is 0 Å². The molecule has 244 valence electrons. The van der Waals surface area contributed by atoms with Crippen LogP contribution in [-0.4, -0.2) is 66.7 Å². The van der Waals surface area contributed by atoms with Crippen molar-refractivity contribution in [3.63, 3.8) is 0 Å². The molecule has 0 spiro atoms. The molecule has 3 aliphatic heterocycles. The molecule has 46 heavy (non-hydrogen) atoms. The fourth-order valence-electron chi connectivity index (χ4n) is 6.24. The van der Waals surface area contributed by atoms with Crippen LogP contribution >= 0.6 is 0 Å². The summed E-state index contributed by atoms with van der Waals surface area (Å²) in [4.78, 5) is 31.5. The van der Waals surface area contributed by atoms with E-state index in [0.29, 0.717) is 35.1 Å². The summed E-state index contributed by atoms with van der Waals surface area (Å²) in [7, 11) is 1.55. The first-order valence-electron chi connectivity index (χ1n) is 15.2. The quantitative estimate of drug-likeness (QED) is 0.202. The second kappa shape index (κ2) is 13.1. The summed E-state index contributed by atoms with van der Waals surface area (Å²) in [6.45, 7) is 7.72. The Labute approximate surface area is 264 Å². The summed E-state index contributed by atoms with van der Waals surface area (Å²) in [5, 5.41) is 7.44. The maximum atomic E-state index is 15.1. The highest BCUT2D eigenvalue weighted by Gasteiger charge is 2.38. The third-order valence-corrected chi connectivity index (χ3v) is 8.60. The van der Waals surface area contributed by atoms with E-state index in [1.54, 1.807) is 19.2 Å². The van der Waals surface area contributed by atoms with Gasteiger partial charge in [0.2, 0.25) is 5.91 Å². The number of amides is 1. The molecule has 1 amide bonds. The van der Waals surface area contributed by atoms with Crippen molar-refractivity contribution in [2.24, 2.45) is 0 Å². The Morgan fingerprint density at radius 2 is 1.96 bits per heavy atom. The lowest BCUT2D eigenvalue weighted by Gasteiger charge is -2.37. The zero-order valence-corrected chi connectivity index (χ0v) is 25.3. The minimum absolute atomic E-state index is 0.144. The number of likely N-dealkylation sites (tertiary alicyclic amines) is 1. The molecule has 2 N–H and O–H groups in total. The average molecular weight is 642 g/mol. The zero-order valence-electron chi connectivity index (χ0n) is 25.3. The molecule has 3 fully saturated rings. The smallest absolute Gasteiger partial charge is 0.419 e. The number of hydrogen-bond acceptors (Lipinski definition) is 9. The molecule has 3 aromatic rings. The van der Waals surface area contributed by atoms with E-state index < -0.39 is 23.6 Å². The van der Waals surface area contributed by atoms with E-state index in [1.807, 2.05) is 6.07 Å². The van der Waals surface area contributed by atoms with Crippen LogP contribution in [0.4, 0.5) is 46.3 Å². The standard InChI is InChI=1S/C32H35F4N7O3/c1-3-30(44)40-23-15-24(27(45-2)16-26(23)42-13-5-7-20(42)18-41-11-6-12-41)39-28-17-29(38-19-37-28)43-25(10-14-46-43)21-8-4-9-22(31(21)33)32(34,35)36/h3-4,8-9,15-17,19-20,25H,1,5-7,10-14,18H2,2H3,(H,40,44)(H,37,38,39). The van der Waals surface area contributed by atoms with Crippen LogP contribution in [-0.2, 0) is 15.8 Å². The number of methoxy groups -OCH3 is 1. The topological polar surface area (TPSA) is 95.1 Å².